The molecule has 20 heavy (non-hydrogen) atoms. The van der Waals surface area contributed by atoms with E-state index in [0.717, 1.165) is 12.1 Å². The van der Waals surface area contributed by atoms with E-state index in [1.807, 2.05) is 0 Å². The summed E-state index contributed by atoms with van der Waals surface area (Å²) < 4.78 is 38.2. The van der Waals surface area contributed by atoms with Crippen LogP contribution < -0.4 is 10.2 Å². The third-order valence-corrected chi connectivity index (χ3v) is 2.63. The van der Waals surface area contributed by atoms with Gasteiger partial charge in [-0.3, -0.25) is 0 Å². The average molecular weight is 285 g/mol. The summed E-state index contributed by atoms with van der Waals surface area (Å²) >= 11 is 0. The molecule has 2 N–H and O–H groups in total. The number of benzene rings is 1. The molecule has 0 aliphatic heterocycles. The van der Waals surface area contributed by atoms with Crippen LogP contribution in [0.1, 0.15) is 17.6 Å². The van der Waals surface area contributed by atoms with Crippen LogP contribution in [0.2, 0.25) is 0 Å². The number of rotatable bonds is 5. The van der Waals surface area contributed by atoms with Crippen LogP contribution in [0.3, 0.4) is 0 Å². The van der Waals surface area contributed by atoms with Gasteiger partial charge in [0.2, 0.25) is 11.9 Å². The minimum Gasteiger partial charge on any atom is -0.350 e. The number of hydrogen-bond acceptors (Lipinski definition) is 4. The summed E-state index contributed by atoms with van der Waals surface area (Å²) in [5.41, 5.74) is -0.0574. The van der Waals surface area contributed by atoms with Gasteiger partial charge >= 0.3 is 0 Å². The number of hydrogen-bond donors (Lipinski definition) is 2. The topological polar surface area (TPSA) is 56.8 Å². The van der Waals surface area contributed by atoms with Crippen LogP contribution in [0.5, 0.6) is 0 Å². The van der Waals surface area contributed by atoms with Gasteiger partial charge in [0, 0.05) is 20.6 Å². The maximum Gasteiger partial charge on any atom is 0.266 e. The lowest BCUT2D eigenvalue weighted by atomic mass is 10.1. The number of aromatic nitrogens is 3. The Kier molecular flexibility index (Phi) is 4.11. The Morgan fingerprint density at radius 2 is 2.10 bits per heavy atom. The third kappa shape index (κ3) is 3.19. The minimum absolute atomic E-state index is 0.252. The fourth-order valence-corrected chi connectivity index (χ4v) is 1.58. The summed E-state index contributed by atoms with van der Waals surface area (Å²) in [6, 6.07) is 3.61. The molecule has 0 unspecified atom stereocenters. The van der Waals surface area contributed by atoms with E-state index in [0.29, 0.717) is 17.5 Å². The molecule has 1 aromatic carbocycles. The smallest absolute Gasteiger partial charge is 0.266 e. The Hall–Kier alpha value is -2.25. The zero-order chi connectivity index (χ0) is 14.7. The van der Waals surface area contributed by atoms with E-state index in [2.05, 4.69) is 20.5 Å². The van der Waals surface area contributed by atoms with Crippen molar-refractivity contribution in [3.8, 4) is 0 Å². The molecule has 0 fully saturated rings. The number of halogens is 3. The van der Waals surface area contributed by atoms with Crippen LogP contribution in [0.15, 0.2) is 18.2 Å². The molecule has 2 rings (SSSR count). The quantitative estimate of drug-likeness (QED) is 0.886. The Labute approximate surface area is 113 Å². The lowest BCUT2D eigenvalue weighted by molar-refractivity contribution is 0.146. The van der Waals surface area contributed by atoms with Crippen LogP contribution >= 0.6 is 0 Å². The van der Waals surface area contributed by atoms with Crippen molar-refractivity contribution in [3.05, 3.63) is 35.1 Å². The standard InChI is InChI=1S/C12H14F3N5/c1-20(2)12-17-11(18-19-12)16-6-7-3-4-8(10(14)15)9(13)5-7/h3-5,10H,6H2,1-2H3,(H2,16,17,18,19). The fraction of sp³-hybridized carbons (Fsp3) is 0.333. The van der Waals surface area contributed by atoms with Gasteiger partial charge in [-0.05, 0) is 11.6 Å². The second-order valence-electron chi connectivity index (χ2n) is 4.39. The number of alkyl halides is 2. The highest BCUT2D eigenvalue weighted by Crippen LogP contribution is 2.22. The molecular formula is C12H14F3N5. The van der Waals surface area contributed by atoms with Crippen molar-refractivity contribution in [2.24, 2.45) is 0 Å². The van der Waals surface area contributed by atoms with Gasteiger partial charge in [0.1, 0.15) is 5.82 Å². The molecule has 0 saturated carbocycles. The highest BCUT2D eigenvalue weighted by Gasteiger charge is 2.13. The van der Waals surface area contributed by atoms with Crippen LogP contribution in [0.25, 0.3) is 0 Å². The molecule has 8 heteroatoms. The Morgan fingerprint density at radius 1 is 1.35 bits per heavy atom. The largest absolute Gasteiger partial charge is 0.350 e. The van der Waals surface area contributed by atoms with Crippen molar-refractivity contribution >= 4 is 11.9 Å². The Balaban J connectivity index is 2.01. The van der Waals surface area contributed by atoms with Crippen LogP contribution in [0, 0.1) is 5.82 Å². The van der Waals surface area contributed by atoms with E-state index in [-0.39, 0.29) is 6.54 Å². The molecule has 2 aromatic rings. The van der Waals surface area contributed by atoms with Gasteiger partial charge in [0.25, 0.3) is 6.43 Å². The summed E-state index contributed by atoms with van der Waals surface area (Å²) in [4.78, 5) is 5.85. The Morgan fingerprint density at radius 3 is 2.65 bits per heavy atom. The second kappa shape index (κ2) is 5.81. The van der Waals surface area contributed by atoms with Crippen molar-refractivity contribution in [2.75, 3.05) is 24.3 Å². The third-order valence-electron chi connectivity index (χ3n) is 2.63. The molecule has 0 atom stereocenters. The average Bonchev–Trinajstić information content (AvgIpc) is 2.85. The SMILES string of the molecule is CN(C)c1n[nH]c(NCc2ccc(C(F)F)c(F)c2)n1. The van der Waals surface area contributed by atoms with Gasteiger partial charge in [0.05, 0.1) is 5.56 Å². The van der Waals surface area contributed by atoms with Crippen molar-refractivity contribution in [3.63, 3.8) is 0 Å². The highest BCUT2D eigenvalue weighted by molar-refractivity contribution is 5.36. The van der Waals surface area contributed by atoms with Crippen LogP contribution in [-0.4, -0.2) is 29.3 Å². The number of H-pyrrole nitrogens is 1. The number of nitrogens with one attached hydrogen (secondary N) is 2. The molecular weight excluding hydrogens is 271 g/mol. The summed E-state index contributed by atoms with van der Waals surface area (Å²) in [6.45, 7) is 0.252. The van der Waals surface area contributed by atoms with Gasteiger partial charge in [-0.15, -0.1) is 5.10 Å². The monoisotopic (exact) mass is 285 g/mol. The molecule has 5 nitrogen and oxygen atoms in total. The lowest BCUT2D eigenvalue weighted by Gasteiger charge is -2.06. The van der Waals surface area contributed by atoms with Gasteiger partial charge in [-0.1, -0.05) is 12.1 Å². The van der Waals surface area contributed by atoms with Crippen molar-refractivity contribution in [1.82, 2.24) is 15.2 Å². The summed E-state index contributed by atoms with van der Waals surface area (Å²) in [5, 5.41) is 9.51. The molecule has 1 aromatic heterocycles. The van der Waals surface area contributed by atoms with E-state index < -0.39 is 17.8 Å². The van der Waals surface area contributed by atoms with Crippen molar-refractivity contribution in [2.45, 2.75) is 13.0 Å². The van der Waals surface area contributed by atoms with Gasteiger partial charge in [-0.2, -0.15) is 4.98 Å². The number of anilines is 2. The van der Waals surface area contributed by atoms with Gasteiger partial charge in [-0.25, -0.2) is 18.3 Å². The molecule has 0 spiro atoms. The van der Waals surface area contributed by atoms with Crippen LogP contribution in [0.4, 0.5) is 25.1 Å². The van der Waals surface area contributed by atoms with E-state index in [1.54, 1.807) is 19.0 Å². The molecule has 0 aliphatic carbocycles. The molecule has 0 amide bonds. The Bertz CT molecular complexity index is 582. The van der Waals surface area contributed by atoms with E-state index >= 15 is 0 Å². The molecule has 1 heterocycles. The lowest BCUT2D eigenvalue weighted by Crippen LogP contribution is -2.10. The van der Waals surface area contributed by atoms with E-state index in [4.69, 9.17) is 0 Å². The summed E-state index contributed by atoms with van der Waals surface area (Å²) in [5.74, 6) is 0.0182. The molecule has 0 radical (unpaired) electrons. The first-order valence-corrected chi connectivity index (χ1v) is 5.87. The van der Waals surface area contributed by atoms with Gasteiger partial charge < -0.3 is 10.2 Å². The first kappa shape index (κ1) is 14.2. The van der Waals surface area contributed by atoms with E-state index in [9.17, 15) is 13.2 Å². The highest BCUT2D eigenvalue weighted by atomic mass is 19.3. The predicted molar refractivity (Wildman–Crippen MR) is 69.4 cm³/mol. The fourth-order valence-electron chi connectivity index (χ4n) is 1.58. The first-order chi connectivity index (χ1) is 9.47. The van der Waals surface area contributed by atoms with Crippen molar-refractivity contribution < 1.29 is 13.2 Å². The first-order valence-electron chi connectivity index (χ1n) is 5.87. The summed E-state index contributed by atoms with van der Waals surface area (Å²) in [7, 11) is 3.59. The summed E-state index contributed by atoms with van der Waals surface area (Å²) in [6.07, 6.45) is -2.81. The molecule has 0 bridgehead atoms. The van der Waals surface area contributed by atoms with Crippen LogP contribution in [-0.2, 0) is 6.54 Å². The maximum absolute atomic E-state index is 13.4. The normalized spacial score (nSPS) is 10.9. The van der Waals surface area contributed by atoms with Crippen molar-refractivity contribution in [1.29, 1.82) is 0 Å². The zero-order valence-corrected chi connectivity index (χ0v) is 11.0. The zero-order valence-electron chi connectivity index (χ0n) is 11.0. The second-order valence-corrected chi connectivity index (χ2v) is 4.39. The van der Waals surface area contributed by atoms with E-state index in [1.165, 1.54) is 6.07 Å². The number of nitrogens with zero attached hydrogens (tertiary/aromatic N) is 3. The van der Waals surface area contributed by atoms with Gasteiger partial charge in [0.15, 0.2) is 0 Å². The number of aromatic amines is 1. The molecule has 0 saturated heterocycles. The predicted octanol–water partition coefficient (Wildman–Crippen LogP) is 2.56. The molecule has 0 aliphatic rings. The minimum atomic E-state index is -2.81. The molecule has 108 valence electrons. The maximum atomic E-state index is 13.4.